The number of nitrogens with one attached hydrogen (secondary N) is 1. The SMILES string of the molecule is COc1ccc(OC)c(NC(=O)CN(CC2CCCCC2)C2CC2)c1. The van der Waals surface area contributed by atoms with Crippen LogP contribution in [0.4, 0.5) is 5.69 Å². The number of hydrogen-bond donors (Lipinski definition) is 1. The maximum Gasteiger partial charge on any atom is 0.238 e. The molecular formula is C20H30N2O3. The summed E-state index contributed by atoms with van der Waals surface area (Å²) in [6, 6.07) is 6.04. The second-order valence-corrected chi connectivity index (χ2v) is 7.28. The average Bonchev–Trinajstić information content (AvgIpc) is 3.47. The maximum absolute atomic E-state index is 12.6. The van der Waals surface area contributed by atoms with Crippen molar-refractivity contribution in [3.8, 4) is 11.5 Å². The summed E-state index contributed by atoms with van der Waals surface area (Å²) in [5.74, 6) is 2.14. The smallest absolute Gasteiger partial charge is 0.238 e. The molecule has 0 spiro atoms. The first-order valence-electron chi connectivity index (χ1n) is 9.45. The van der Waals surface area contributed by atoms with E-state index >= 15 is 0 Å². The molecule has 25 heavy (non-hydrogen) atoms. The van der Waals surface area contributed by atoms with Crippen molar-refractivity contribution in [2.24, 2.45) is 5.92 Å². The monoisotopic (exact) mass is 346 g/mol. The molecule has 3 rings (SSSR count). The molecule has 2 aliphatic carbocycles. The lowest BCUT2D eigenvalue weighted by atomic mass is 9.89. The van der Waals surface area contributed by atoms with Crippen molar-refractivity contribution in [1.29, 1.82) is 0 Å². The number of amides is 1. The van der Waals surface area contributed by atoms with Gasteiger partial charge in [-0.05, 0) is 43.7 Å². The van der Waals surface area contributed by atoms with E-state index in [1.807, 2.05) is 12.1 Å². The molecule has 0 aromatic heterocycles. The first-order chi connectivity index (χ1) is 12.2. The van der Waals surface area contributed by atoms with Crippen molar-refractivity contribution >= 4 is 11.6 Å². The van der Waals surface area contributed by atoms with Crippen LogP contribution in [0.25, 0.3) is 0 Å². The van der Waals surface area contributed by atoms with Crippen molar-refractivity contribution in [2.75, 3.05) is 32.6 Å². The first kappa shape index (κ1) is 18.1. The molecule has 0 atom stereocenters. The van der Waals surface area contributed by atoms with Gasteiger partial charge in [0.05, 0.1) is 26.5 Å². The van der Waals surface area contributed by atoms with E-state index in [4.69, 9.17) is 9.47 Å². The molecule has 0 saturated heterocycles. The normalized spacial score (nSPS) is 18.2. The minimum Gasteiger partial charge on any atom is -0.497 e. The van der Waals surface area contributed by atoms with Gasteiger partial charge in [-0.2, -0.15) is 0 Å². The third-order valence-electron chi connectivity index (χ3n) is 5.31. The van der Waals surface area contributed by atoms with Crippen molar-refractivity contribution in [2.45, 2.75) is 51.0 Å². The van der Waals surface area contributed by atoms with Crippen molar-refractivity contribution in [3.05, 3.63) is 18.2 Å². The van der Waals surface area contributed by atoms with Crippen LogP contribution < -0.4 is 14.8 Å². The van der Waals surface area contributed by atoms with Crippen LogP contribution in [-0.2, 0) is 4.79 Å². The Hall–Kier alpha value is -1.75. The van der Waals surface area contributed by atoms with Crippen LogP contribution in [0.15, 0.2) is 18.2 Å². The molecule has 0 radical (unpaired) electrons. The van der Waals surface area contributed by atoms with E-state index in [9.17, 15) is 4.79 Å². The zero-order valence-electron chi connectivity index (χ0n) is 15.4. The Labute approximate surface area is 150 Å². The third-order valence-corrected chi connectivity index (χ3v) is 5.31. The lowest BCUT2D eigenvalue weighted by molar-refractivity contribution is -0.117. The fourth-order valence-corrected chi connectivity index (χ4v) is 3.77. The van der Waals surface area contributed by atoms with Crippen LogP contribution in [-0.4, -0.2) is 44.2 Å². The molecule has 1 aromatic rings. The molecule has 2 saturated carbocycles. The number of rotatable bonds is 8. The second kappa shape index (κ2) is 8.56. The second-order valence-electron chi connectivity index (χ2n) is 7.28. The van der Waals surface area contributed by atoms with Gasteiger partial charge in [0.2, 0.25) is 5.91 Å². The highest BCUT2D eigenvalue weighted by Crippen LogP contribution is 2.32. The number of nitrogens with zero attached hydrogens (tertiary/aromatic N) is 1. The van der Waals surface area contributed by atoms with Crippen LogP contribution in [0.1, 0.15) is 44.9 Å². The summed E-state index contributed by atoms with van der Waals surface area (Å²) in [5, 5.41) is 3.00. The van der Waals surface area contributed by atoms with Gasteiger partial charge in [-0.3, -0.25) is 9.69 Å². The molecule has 2 aliphatic rings. The Morgan fingerprint density at radius 2 is 1.88 bits per heavy atom. The van der Waals surface area contributed by atoms with Crippen molar-refractivity contribution in [1.82, 2.24) is 4.90 Å². The van der Waals surface area contributed by atoms with Gasteiger partial charge in [0.25, 0.3) is 0 Å². The van der Waals surface area contributed by atoms with Gasteiger partial charge < -0.3 is 14.8 Å². The van der Waals surface area contributed by atoms with Gasteiger partial charge in [0, 0.05) is 18.7 Å². The highest BCUT2D eigenvalue weighted by Gasteiger charge is 2.32. The van der Waals surface area contributed by atoms with E-state index in [0.717, 1.165) is 12.5 Å². The molecule has 1 N–H and O–H groups in total. The predicted octanol–water partition coefficient (Wildman–Crippen LogP) is 3.69. The Morgan fingerprint density at radius 3 is 2.52 bits per heavy atom. The molecule has 0 unspecified atom stereocenters. The van der Waals surface area contributed by atoms with E-state index in [1.165, 1.54) is 44.9 Å². The maximum atomic E-state index is 12.6. The van der Waals surface area contributed by atoms with E-state index in [0.29, 0.717) is 29.8 Å². The molecule has 1 aromatic carbocycles. The topological polar surface area (TPSA) is 50.8 Å². The van der Waals surface area contributed by atoms with Crippen molar-refractivity contribution in [3.63, 3.8) is 0 Å². The van der Waals surface area contributed by atoms with Gasteiger partial charge in [0.15, 0.2) is 0 Å². The van der Waals surface area contributed by atoms with Gasteiger partial charge in [-0.25, -0.2) is 0 Å². The minimum atomic E-state index is 0.0225. The molecule has 2 fully saturated rings. The summed E-state index contributed by atoms with van der Waals surface area (Å²) in [5.41, 5.74) is 0.667. The largest absolute Gasteiger partial charge is 0.497 e. The highest BCUT2D eigenvalue weighted by molar-refractivity contribution is 5.94. The molecule has 138 valence electrons. The fourth-order valence-electron chi connectivity index (χ4n) is 3.77. The van der Waals surface area contributed by atoms with E-state index in [2.05, 4.69) is 10.2 Å². The third kappa shape index (κ3) is 5.11. The number of methoxy groups -OCH3 is 2. The first-order valence-corrected chi connectivity index (χ1v) is 9.45. The number of anilines is 1. The highest BCUT2D eigenvalue weighted by atomic mass is 16.5. The van der Waals surface area contributed by atoms with E-state index in [1.54, 1.807) is 20.3 Å². The van der Waals surface area contributed by atoms with E-state index < -0.39 is 0 Å². The minimum absolute atomic E-state index is 0.0225. The van der Waals surface area contributed by atoms with Gasteiger partial charge >= 0.3 is 0 Å². The molecule has 5 nitrogen and oxygen atoms in total. The lowest BCUT2D eigenvalue weighted by Gasteiger charge is -2.29. The summed E-state index contributed by atoms with van der Waals surface area (Å²) < 4.78 is 10.6. The van der Waals surface area contributed by atoms with Crippen molar-refractivity contribution < 1.29 is 14.3 Å². The number of benzene rings is 1. The summed E-state index contributed by atoms with van der Waals surface area (Å²) in [7, 11) is 3.23. The summed E-state index contributed by atoms with van der Waals surface area (Å²) in [6.45, 7) is 1.52. The fraction of sp³-hybridized carbons (Fsp3) is 0.650. The summed E-state index contributed by atoms with van der Waals surface area (Å²) in [4.78, 5) is 15.0. The number of carbonyl (C=O) groups is 1. The van der Waals surface area contributed by atoms with Crippen LogP contribution >= 0.6 is 0 Å². The summed E-state index contributed by atoms with van der Waals surface area (Å²) >= 11 is 0. The molecule has 1 amide bonds. The van der Waals surface area contributed by atoms with Gasteiger partial charge in [-0.15, -0.1) is 0 Å². The van der Waals surface area contributed by atoms with Gasteiger partial charge in [-0.1, -0.05) is 19.3 Å². The van der Waals surface area contributed by atoms with Gasteiger partial charge in [0.1, 0.15) is 11.5 Å². The predicted molar refractivity (Wildman–Crippen MR) is 99.3 cm³/mol. The van der Waals surface area contributed by atoms with Crippen LogP contribution in [0.2, 0.25) is 0 Å². The molecule has 0 bridgehead atoms. The Balaban J connectivity index is 1.60. The zero-order chi connectivity index (χ0) is 17.6. The molecular weight excluding hydrogens is 316 g/mol. The zero-order valence-corrected chi connectivity index (χ0v) is 15.4. The Morgan fingerprint density at radius 1 is 1.12 bits per heavy atom. The number of carbonyl (C=O) groups excluding carboxylic acids is 1. The standard InChI is InChI=1S/C20H30N2O3/c1-24-17-10-11-19(25-2)18(12-17)21-20(23)14-22(16-8-9-16)13-15-6-4-3-5-7-15/h10-12,15-16H,3-9,13-14H2,1-2H3,(H,21,23). The van der Waals surface area contributed by atoms with Crippen LogP contribution in [0, 0.1) is 5.92 Å². The number of hydrogen-bond acceptors (Lipinski definition) is 4. The molecule has 0 aliphatic heterocycles. The van der Waals surface area contributed by atoms with E-state index in [-0.39, 0.29) is 5.91 Å². The van der Waals surface area contributed by atoms with Crippen LogP contribution in [0.3, 0.4) is 0 Å². The average molecular weight is 346 g/mol. The van der Waals surface area contributed by atoms with Crippen LogP contribution in [0.5, 0.6) is 11.5 Å². The number of ether oxygens (including phenoxy) is 2. The Bertz CT molecular complexity index is 580. The molecule has 5 heteroatoms. The lowest BCUT2D eigenvalue weighted by Crippen LogP contribution is -2.38. The Kier molecular flexibility index (Phi) is 6.19. The quantitative estimate of drug-likeness (QED) is 0.780. The molecule has 0 heterocycles. The summed E-state index contributed by atoms with van der Waals surface area (Å²) in [6.07, 6.45) is 9.14.